The van der Waals surface area contributed by atoms with E-state index in [4.69, 9.17) is 19.5 Å². The minimum absolute atomic E-state index is 0.0529. The number of benzene rings is 1. The van der Waals surface area contributed by atoms with Crippen molar-refractivity contribution >= 4 is 12.0 Å². The van der Waals surface area contributed by atoms with Gasteiger partial charge < -0.3 is 14.2 Å². The van der Waals surface area contributed by atoms with E-state index in [0.29, 0.717) is 17.1 Å². The molecule has 112 valence electrons. The number of esters is 1. The maximum Gasteiger partial charge on any atom is 0.348 e. The Labute approximate surface area is 124 Å². The van der Waals surface area contributed by atoms with Crippen molar-refractivity contribution in [3.8, 4) is 17.6 Å². The Bertz CT molecular complexity index is 570. The molecule has 1 aromatic carbocycles. The van der Waals surface area contributed by atoms with E-state index >= 15 is 0 Å². The Morgan fingerprint density at radius 2 is 1.95 bits per heavy atom. The van der Waals surface area contributed by atoms with Gasteiger partial charge in [0.1, 0.15) is 11.6 Å². The first kappa shape index (κ1) is 16.6. The smallest absolute Gasteiger partial charge is 0.348 e. The van der Waals surface area contributed by atoms with Gasteiger partial charge in [0.15, 0.2) is 11.5 Å². The van der Waals surface area contributed by atoms with Gasteiger partial charge in [-0.15, -0.1) is 0 Å². The van der Waals surface area contributed by atoms with Gasteiger partial charge in [-0.3, -0.25) is 0 Å². The minimum Gasteiger partial charge on any atom is -0.493 e. The number of carbonyl (C=O) groups is 1. The summed E-state index contributed by atoms with van der Waals surface area (Å²) >= 11 is 0. The largest absolute Gasteiger partial charge is 0.493 e. The number of nitrogens with zero attached hydrogens (tertiary/aromatic N) is 1. The molecule has 0 atom stereocenters. The van der Waals surface area contributed by atoms with Crippen LogP contribution in [0.4, 0.5) is 0 Å². The zero-order chi connectivity index (χ0) is 15.8. The van der Waals surface area contributed by atoms with Crippen molar-refractivity contribution in [3.63, 3.8) is 0 Å². The van der Waals surface area contributed by atoms with Crippen molar-refractivity contribution in [2.45, 2.75) is 13.8 Å². The van der Waals surface area contributed by atoms with Crippen LogP contribution in [0.2, 0.25) is 0 Å². The highest BCUT2D eigenvalue weighted by Gasteiger charge is 2.12. The SMILES string of the molecule is COc1ccc(/C=C(\C#N)C(=O)OCC(C)C)cc1OC. The molecule has 0 amide bonds. The predicted octanol–water partition coefficient (Wildman–Crippen LogP) is 2.81. The van der Waals surface area contributed by atoms with Crippen molar-refractivity contribution in [1.82, 2.24) is 0 Å². The number of nitriles is 1. The molecule has 1 rings (SSSR count). The molecule has 0 spiro atoms. The lowest BCUT2D eigenvalue weighted by Crippen LogP contribution is -2.11. The fourth-order valence-electron chi connectivity index (χ4n) is 1.57. The molecule has 0 aliphatic heterocycles. The monoisotopic (exact) mass is 289 g/mol. The highest BCUT2D eigenvalue weighted by atomic mass is 16.5. The maximum atomic E-state index is 11.8. The maximum absolute atomic E-state index is 11.8. The van der Waals surface area contributed by atoms with Crippen LogP contribution in [0, 0.1) is 17.2 Å². The third-order valence-electron chi connectivity index (χ3n) is 2.61. The van der Waals surface area contributed by atoms with E-state index in [1.165, 1.54) is 20.3 Å². The fraction of sp³-hybridized carbons (Fsp3) is 0.375. The Hall–Kier alpha value is -2.48. The Morgan fingerprint density at radius 3 is 2.48 bits per heavy atom. The topological polar surface area (TPSA) is 68.5 Å². The highest BCUT2D eigenvalue weighted by molar-refractivity contribution is 5.97. The van der Waals surface area contributed by atoms with Gasteiger partial charge in [0.2, 0.25) is 0 Å². The van der Waals surface area contributed by atoms with Gasteiger partial charge in [0.25, 0.3) is 0 Å². The zero-order valence-electron chi connectivity index (χ0n) is 12.7. The summed E-state index contributed by atoms with van der Waals surface area (Å²) in [6.45, 7) is 4.14. The summed E-state index contributed by atoms with van der Waals surface area (Å²) in [4.78, 5) is 11.8. The van der Waals surface area contributed by atoms with Crippen molar-refractivity contribution in [2.75, 3.05) is 20.8 Å². The van der Waals surface area contributed by atoms with Crippen LogP contribution in [0.25, 0.3) is 6.08 Å². The molecule has 0 aliphatic rings. The standard InChI is InChI=1S/C16H19NO4/c1-11(2)10-21-16(18)13(9-17)7-12-5-6-14(19-3)15(8-12)20-4/h5-8,11H,10H2,1-4H3/b13-7+. The van der Waals surface area contributed by atoms with Crippen LogP contribution >= 0.6 is 0 Å². The van der Waals surface area contributed by atoms with E-state index in [9.17, 15) is 4.79 Å². The number of hydrogen-bond acceptors (Lipinski definition) is 5. The first-order valence-corrected chi connectivity index (χ1v) is 6.52. The third kappa shape index (κ3) is 4.84. The molecule has 0 unspecified atom stereocenters. The molecule has 5 heteroatoms. The van der Waals surface area contributed by atoms with Gasteiger partial charge in [-0.25, -0.2) is 4.79 Å². The predicted molar refractivity (Wildman–Crippen MR) is 78.9 cm³/mol. The van der Waals surface area contributed by atoms with E-state index in [-0.39, 0.29) is 18.1 Å². The second kappa shape index (κ2) is 7.95. The van der Waals surface area contributed by atoms with Crippen molar-refractivity contribution in [1.29, 1.82) is 5.26 Å². The van der Waals surface area contributed by atoms with E-state index < -0.39 is 5.97 Å². The van der Waals surface area contributed by atoms with Crippen molar-refractivity contribution in [2.24, 2.45) is 5.92 Å². The van der Waals surface area contributed by atoms with Crippen LogP contribution < -0.4 is 9.47 Å². The molecule has 0 aliphatic carbocycles. The van der Waals surface area contributed by atoms with Gasteiger partial charge >= 0.3 is 5.97 Å². The number of carbonyl (C=O) groups excluding carboxylic acids is 1. The quantitative estimate of drug-likeness (QED) is 0.457. The normalized spacial score (nSPS) is 11.0. The fourth-order valence-corrected chi connectivity index (χ4v) is 1.57. The van der Waals surface area contributed by atoms with Gasteiger partial charge in [-0.2, -0.15) is 5.26 Å². The molecule has 0 bridgehead atoms. The van der Waals surface area contributed by atoms with Gasteiger partial charge in [-0.05, 0) is 29.7 Å². The molecule has 0 radical (unpaired) electrons. The average Bonchev–Trinajstić information content (AvgIpc) is 2.49. The number of hydrogen-bond donors (Lipinski definition) is 0. The molecule has 0 N–H and O–H groups in total. The Kier molecular flexibility index (Phi) is 6.28. The second-order valence-electron chi connectivity index (χ2n) is 4.78. The van der Waals surface area contributed by atoms with Crippen LogP contribution in [-0.2, 0) is 9.53 Å². The molecule has 0 saturated heterocycles. The lowest BCUT2D eigenvalue weighted by atomic mass is 10.1. The van der Waals surface area contributed by atoms with E-state index in [1.54, 1.807) is 18.2 Å². The second-order valence-corrected chi connectivity index (χ2v) is 4.78. The summed E-state index contributed by atoms with van der Waals surface area (Å²) in [6, 6.07) is 6.98. The van der Waals surface area contributed by atoms with E-state index in [0.717, 1.165) is 0 Å². The molecular formula is C16H19NO4. The summed E-state index contributed by atoms with van der Waals surface area (Å²) in [5.41, 5.74) is 0.605. The van der Waals surface area contributed by atoms with Crippen molar-refractivity contribution < 1.29 is 19.0 Å². The molecule has 0 heterocycles. The summed E-state index contributed by atoms with van der Waals surface area (Å²) in [7, 11) is 3.06. The molecule has 5 nitrogen and oxygen atoms in total. The van der Waals surface area contributed by atoms with Crippen LogP contribution in [0.3, 0.4) is 0 Å². The lowest BCUT2D eigenvalue weighted by Gasteiger charge is -2.08. The first-order valence-electron chi connectivity index (χ1n) is 6.52. The molecule has 1 aromatic rings. The number of rotatable bonds is 6. The van der Waals surface area contributed by atoms with Gasteiger partial charge in [-0.1, -0.05) is 19.9 Å². The minimum atomic E-state index is -0.624. The Morgan fingerprint density at radius 1 is 1.29 bits per heavy atom. The van der Waals surface area contributed by atoms with Crippen LogP contribution in [-0.4, -0.2) is 26.8 Å². The van der Waals surface area contributed by atoms with E-state index in [1.807, 2.05) is 19.9 Å². The summed E-state index contributed by atoms with van der Waals surface area (Å²) < 4.78 is 15.4. The summed E-state index contributed by atoms with van der Waals surface area (Å²) in [5.74, 6) is 0.700. The summed E-state index contributed by atoms with van der Waals surface area (Å²) in [5, 5.41) is 9.08. The molecular weight excluding hydrogens is 270 g/mol. The summed E-state index contributed by atoms with van der Waals surface area (Å²) in [6.07, 6.45) is 1.46. The zero-order valence-corrected chi connectivity index (χ0v) is 12.7. The molecule has 21 heavy (non-hydrogen) atoms. The van der Waals surface area contributed by atoms with Crippen LogP contribution in [0.5, 0.6) is 11.5 Å². The van der Waals surface area contributed by atoms with Gasteiger partial charge in [0, 0.05) is 0 Å². The molecule has 0 saturated carbocycles. The molecule has 0 aromatic heterocycles. The Balaban J connectivity index is 2.98. The number of methoxy groups -OCH3 is 2. The average molecular weight is 289 g/mol. The number of ether oxygens (including phenoxy) is 3. The van der Waals surface area contributed by atoms with Crippen LogP contribution in [0.15, 0.2) is 23.8 Å². The highest BCUT2D eigenvalue weighted by Crippen LogP contribution is 2.28. The first-order chi connectivity index (χ1) is 10.0. The third-order valence-corrected chi connectivity index (χ3v) is 2.61. The molecule has 0 fully saturated rings. The lowest BCUT2D eigenvalue weighted by molar-refractivity contribution is -0.139. The van der Waals surface area contributed by atoms with Crippen molar-refractivity contribution in [3.05, 3.63) is 29.3 Å². The van der Waals surface area contributed by atoms with Gasteiger partial charge in [0.05, 0.1) is 20.8 Å². The van der Waals surface area contributed by atoms with Crippen LogP contribution in [0.1, 0.15) is 19.4 Å². The van der Waals surface area contributed by atoms with E-state index in [2.05, 4.69) is 0 Å².